The third kappa shape index (κ3) is 5.15. The lowest BCUT2D eigenvalue weighted by Crippen LogP contribution is -2.43. The Hall–Kier alpha value is -2.69. The van der Waals surface area contributed by atoms with Crippen LogP contribution in [0, 0.1) is 0 Å². The molecule has 0 radical (unpaired) electrons. The Morgan fingerprint density at radius 3 is 3.06 bits per heavy atom. The smallest absolute Gasteiger partial charge is 0.238 e. The van der Waals surface area contributed by atoms with Crippen LogP contribution in [0.5, 0.6) is 11.5 Å². The molecular weight excluding hydrogens is 420 g/mol. The lowest BCUT2D eigenvalue weighted by Gasteiger charge is -2.26. The average molecular weight is 447 g/mol. The maximum absolute atomic E-state index is 12.4. The quantitative estimate of drug-likeness (QED) is 0.624. The van der Waals surface area contributed by atoms with Crippen molar-refractivity contribution in [2.45, 2.75) is 32.0 Å². The molecule has 1 fully saturated rings. The fourth-order valence-electron chi connectivity index (χ4n) is 3.76. The minimum Gasteiger partial charge on any atom is -0.489 e. The van der Waals surface area contributed by atoms with E-state index in [1.807, 2.05) is 37.4 Å². The molecule has 2 atom stereocenters. The molecule has 2 aliphatic rings. The molecule has 0 aliphatic carbocycles. The number of anilines is 1. The number of benzene rings is 1. The van der Waals surface area contributed by atoms with Gasteiger partial charge in [-0.15, -0.1) is 0 Å². The van der Waals surface area contributed by atoms with Crippen LogP contribution in [0.25, 0.3) is 0 Å². The van der Waals surface area contributed by atoms with Gasteiger partial charge in [0.2, 0.25) is 17.2 Å². The first-order valence-corrected chi connectivity index (χ1v) is 11.3. The first-order chi connectivity index (χ1) is 15.0. The normalized spacial score (nSPS) is 19.4. The summed E-state index contributed by atoms with van der Waals surface area (Å²) in [6.07, 6.45) is 3.09. The summed E-state index contributed by atoms with van der Waals surface area (Å²) in [5.74, 6) is 2.03. The minimum absolute atomic E-state index is 0.240. The fourth-order valence-corrected chi connectivity index (χ4v) is 4.46. The van der Waals surface area contributed by atoms with E-state index in [1.54, 1.807) is 6.20 Å². The molecule has 4 rings (SSSR count). The first-order valence-electron chi connectivity index (χ1n) is 10.2. The molecule has 1 amide bonds. The van der Waals surface area contributed by atoms with Crippen molar-refractivity contribution < 1.29 is 23.0 Å². The molecule has 166 valence electrons. The lowest BCUT2D eigenvalue weighted by atomic mass is 10.2. The second-order valence-corrected chi connectivity index (χ2v) is 8.55. The Labute approximate surface area is 183 Å². The number of aromatic nitrogens is 1. The summed E-state index contributed by atoms with van der Waals surface area (Å²) < 4.78 is 33.6. The van der Waals surface area contributed by atoms with Crippen molar-refractivity contribution in [2.75, 3.05) is 31.6 Å². The fraction of sp³-hybridized carbons (Fsp3) is 0.429. The maximum atomic E-state index is 12.4. The number of rotatable bonds is 7. The Morgan fingerprint density at radius 2 is 2.23 bits per heavy atom. The van der Waals surface area contributed by atoms with E-state index in [0.29, 0.717) is 38.5 Å². The second-order valence-electron chi connectivity index (χ2n) is 7.62. The van der Waals surface area contributed by atoms with Crippen LogP contribution in [-0.2, 0) is 29.2 Å². The highest BCUT2D eigenvalue weighted by molar-refractivity contribution is 7.76. The van der Waals surface area contributed by atoms with Crippen LogP contribution in [0.4, 0.5) is 5.82 Å². The van der Waals surface area contributed by atoms with Crippen LogP contribution in [0.15, 0.2) is 36.5 Å². The Morgan fingerprint density at radius 1 is 1.35 bits per heavy atom. The van der Waals surface area contributed by atoms with Crippen LogP contribution in [-0.4, -0.2) is 56.7 Å². The molecule has 3 heterocycles. The van der Waals surface area contributed by atoms with Gasteiger partial charge in [-0.05, 0) is 36.6 Å². The van der Waals surface area contributed by atoms with Crippen molar-refractivity contribution in [2.24, 2.45) is 0 Å². The van der Waals surface area contributed by atoms with Crippen molar-refractivity contribution in [1.82, 2.24) is 14.6 Å². The van der Waals surface area contributed by atoms with Gasteiger partial charge in [-0.3, -0.25) is 9.35 Å². The number of hydrogen-bond donors (Lipinski definition) is 2. The van der Waals surface area contributed by atoms with E-state index in [2.05, 4.69) is 15.2 Å². The first kappa shape index (κ1) is 21.5. The molecule has 0 spiro atoms. The molecule has 2 aromatic rings. The van der Waals surface area contributed by atoms with Gasteiger partial charge < -0.3 is 19.7 Å². The monoisotopic (exact) mass is 446 g/mol. The molecule has 2 N–H and O–H groups in total. The zero-order valence-electron chi connectivity index (χ0n) is 17.3. The molecule has 0 saturated carbocycles. The van der Waals surface area contributed by atoms with Gasteiger partial charge in [0.1, 0.15) is 25.0 Å². The van der Waals surface area contributed by atoms with Crippen LogP contribution in [0.1, 0.15) is 24.0 Å². The highest BCUT2D eigenvalue weighted by Crippen LogP contribution is 2.29. The number of amides is 1. The predicted molar refractivity (Wildman–Crippen MR) is 116 cm³/mol. The van der Waals surface area contributed by atoms with Gasteiger partial charge in [-0.25, -0.2) is 9.19 Å². The zero-order chi connectivity index (χ0) is 21.8. The van der Waals surface area contributed by atoms with E-state index in [0.717, 1.165) is 35.7 Å². The summed E-state index contributed by atoms with van der Waals surface area (Å²) in [5, 5.41) is 2.85. The zero-order valence-corrected chi connectivity index (χ0v) is 18.1. The van der Waals surface area contributed by atoms with Crippen LogP contribution < -0.4 is 19.7 Å². The lowest BCUT2D eigenvalue weighted by molar-refractivity contribution is -0.124. The standard InChI is InChI=1S/C21H26N4O5S/c1-24-8-9-29-19-11-16(13-22-20(19)24)14-30-17-5-2-4-15(10-17)12-23-21(26)18-6-3-7-25(18)31(27)28/h2,4-5,10-11,13,18H,3,6-9,12,14H2,1H3,(H,23,26)(H,27,28). The maximum Gasteiger partial charge on any atom is 0.238 e. The Balaban J connectivity index is 1.32. The number of nitrogens with zero attached hydrogens (tertiary/aromatic N) is 3. The van der Waals surface area contributed by atoms with Crippen molar-refractivity contribution >= 4 is 23.0 Å². The topological polar surface area (TPSA) is 104 Å². The molecular formula is C21H26N4O5S. The van der Waals surface area contributed by atoms with Gasteiger partial charge in [0, 0.05) is 31.9 Å². The van der Waals surface area contributed by atoms with Gasteiger partial charge in [0.25, 0.3) is 0 Å². The number of likely N-dealkylation sites (N-methyl/N-ethyl adjacent to an activating group) is 1. The Kier molecular flexibility index (Phi) is 6.69. The highest BCUT2D eigenvalue weighted by atomic mass is 32.2. The summed E-state index contributed by atoms with van der Waals surface area (Å²) in [6, 6.07) is 8.87. The van der Waals surface area contributed by atoms with E-state index in [1.165, 1.54) is 4.31 Å². The molecule has 1 aromatic heterocycles. The molecule has 9 nitrogen and oxygen atoms in total. The third-order valence-electron chi connectivity index (χ3n) is 5.41. The summed E-state index contributed by atoms with van der Waals surface area (Å²) in [4.78, 5) is 18.9. The number of hydrogen-bond acceptors (Lipinski definition) is 6. The largest absolute Gasteiger partial charge is 0.489 e. The van der Waals surface area contributed by atoms with Crippen LogP contribution in [0.3, 0.4) is 0 Å². The number of pyridine rings is 1. The summed E-state index contributed by atoms with van der Waals surface area (Å²) in [7, 11) is 1.99. The van der Waals surface area contributed by atoms with E-state index in [9.17, 15) is 13.6 Å². The van der Waals surface area contributed by atoms with Crippen LogP contribution in [0.2, 0.25) is 0 Å². The Bertz CT molecular complexity index is 973. The summed E-state index contributed by atoms with van der Waals surface area (Å²) in [5.41, 5.74) is 1.79. The number of fused-ring (bicyclic) bond motifs is 1. The molecule has 10 heteroatoms. The molecule has 1 aromatic carbocycles. The average Bonchev–Trinajstić information content (AvgIpc) is 3.27. The number of nitrogens with one attached hydrogen (secondary N) is 1. The van der Waals surface area contributed by atoms with Gasteiger partial charge in [0.05, 0.1) is 6.54 Å². The minimum atomic E-state index is -2.13. The molecule has 2 aliphatic heterocycles. The number of carbonyl (C=O) groups excluding carboxylic acids is 1. The van der Waals surface area contributed by atoms with Crippen molar-refractivity contribution in [3.05, 3.63) is 47.7 Å². The third-order valence-corrected chi connectivity index (χ3v) is 6.25. The second kappa shape index (κ2) is 9.63. The summed E-state index contributed by atoms with van der Waals surface area (Å²) in [6.45, 7) is 2.57. The molecule has 1 saturated heterocycles. The predicted octanol–water partition coefficient (Wildman–Crippen LogP) is 1.71. The van der Waals surface area contributed by atoms with E-state index in [4.69, 9.17) is 9.47 Å². The molecule has 0 bridgehead atoms. The van der Waals surface area contributed by atoms with Gasteiger partial charge in [0.15, 0.2) is 11.6 Å². The molecule has 2 unspecified atom stereocenters. The van der Waals surface area contributed by atoms with Gasteiger partial charge >= 0.3 is 0 Å². The van der Waals surface area contributed by atoms with E-state index >= 15 is 0 Å². The van der Waals surface area contributed by atoms with E-state index in [-0.39, 0.29) is 5.91 Å². The van der Waals surface area contributed by atoms with Gasteiger partial charge in [-0.2, -0.15) is 4.31 Å². The van der Waals surface area contributed by atoms with Crippen molar-refractivity contribution in [3.8, 4) is 11.5 Å². The number of carbonyl (C=O) groups is 1. The molecule has 31 heavy (non-hydrogen) atoms. The van der Waals surface area contributed by atoms with E-state index < -0.39 is 17.3 Å². The summed E-state index contributed by atoms with van der Waals surface area (Å²) >= 11 is -2.13. The van der Waals surface area contributed by atoms with Crippen molar-refractivity contribution in [3.63, 3.8) is 0 Å². The highest BCUT2D eigenvalue weighted by Gasteiger charge is 2.33. The van der Waals surface area contributed by atoms with Crippen molar-refractivity contribution in [1.29, 1.82) is 0 Å². The number of ether oxygens (including phenoxy) is 2. The SMILES string of the molecule is CN1CCOc2cc(COc3cccc(CNC(=O)C4CCCN4S(=O)O)c3)cnc21. The van der Waals surface area contributed by atoms with Crippen LogP contribution >= 0.6 is 0 Å². The van der Waals surface area contributed by atoms with Gasteiger partial charge in [-0.1, -0.05) is 12.1 Å².